The van der Waals surface area contributed by atoms with Crippen molar-refractivity contribution in [3.8, 4) is 0 Å². The number of aromatic nitrogens is 1. The van der Waals surface area contributed by atoms with Crippen LogP contribution in [0.25, 0.3) is 0 Å². The molecule has 1 aromatic heterocycles. The highest BCUT2D eigenvalue weighted by Crippen LogP contribution is 2.11. The van der Waals surface area contributed by atoms with Crippen LogP contribution in [0.4, 0.5) is 0 Å². The molecule has 0 unspecified atom stereocenters. The third-order valence-electron chi connectivity index (χ3n) is 3.79. The standard InChI is InChI=1S/C16H30N4O/c1-5-6-19-7-9-20(10-8-19)13-15-11-14(18-21-15)12-17-16(2,3)4/h11,17H,5-10,12-13H2,1-4H3. The molecule has 0 saturated carbocycles. The molecule has 1 aliphatic heterocycles. The number of rotatable bonds is 6. The van der Waals surface area contributed by atoms with Gasteiger partial charge in [-0.15, -0.1) is 0 Å². The van der Waals surface area contributed by atoms with Crippen LogP contribution >= 0.6 is 0 Å². The third kappa shape index (κ3) is 5.77. The second kappa shape index (κ2) is 7.38. The molecule has 0 radical (unpaired) electrons. The Morgan fingerprint density at radius 2 is 1.86 bits per heavy atom. The topological polar surface area (TPSA) is 44.5 Å². The molecule has 5 nitrogen and oxygen atoms in total. The lowest BCUT2D eigenvalue weighted by atomic mass is 10.1. The van der Waals surface area contributed by atoms with E-state index in [4.69, 9.17) is 4.52 Å². The highest BCUT2D eigenvalue weighted by atomic mass is 16.5. The zero-order valence-corrected chi connectivity index (χ0v) is 14.0. The lowest BCUT2D eigenvalue weighted by Gasteiger charge is -2.33. The van der Waals surface area contributed by atoms with Gasteiger partial charge in [0, 0.05) is 44.3 Å². The van der Waals surface area contributed by atoms with Gasteiger partial charge < -0.3 is 14.7 Å². The van der Waals surface area contributed by atoms with E-state index in [1.165, 1.54) is 26.1 Å². The van der Waals surface area contributed by atoms with E-state index in [9.17, 15) is 0 Å². The Bertz CT molecular complexity index is 416. The molecule has 120 valence electrons. The fraction of sp³-hybridized carbons (Fsp3) is 0.812. The van der Waals surface area contributed by atoms with Crippen LogP contribution in [-0.4, -0.2) is 53.2 Å². The van der Waals surface area contributed by atoms with Gasteiger partial charge in [-0.2, -0.15) is 0 Å². The van der Waals surface area contributed by atoms with Gasteiger partial charge in [-0.1, -0.05) is 12.1 Å². The summed E-state index contributed by atoms with van der Waals surface area (Å²) in [5.74, 6) is 0.977. The third-order valence-corrected chi connectivity index (χ3v) is 3.79. The predicted molar refractivity (Wildman–Crippen MR) is 85.1 cm³/mol. The van der Waals surface area contributed by atoms with Crippen molar-refractivity contribution in [3.05, 3.63) is 17.5 Å². The van der Waals surface area contributed by atoms with E-state index in [0.29, 0.717) is 0 Å². The van der Waals surface area contributed by atoms with Gasteiger partial charge in [0.05, 0.1) is 12.2 Å². The molecule has 2 rings (SSSR count). The Morgan fingerprint density at radius 3 is 2.48 bits per heavy atom. The lowest BCUT2D eigenvalue weighted by molar-refractivity contribution is 0.118. The Morgan fingerprint density at radius 1 is 1.19 bits per heavy atom. The first-order valence-electron chi connectivity index (χ1n) is 8.10. The normalized spacial score (nSPS) is 18.3. The van der Waals surface area contributed by atoms with Crippen molar-refractivity contribution in [2.24, 2.45) is 0 Å². The molecule has 0 amide bonds. The summed E-state index contributed by atoms with van der Waals surface area (Å²) < 4.78 is 5.46. The van der Waals surface area contributed by atoms with Crippen LogP contribution in [0.1, 0.15) is 45.6 Å². The van der Waals surface area contributed by atoms with Crippen molar-refractivity contribution in [1.29, 1.82) is 0 Å². The number of hydrogen-bond acceptors (Lipinski definition) is 5. The maximum Gasteiger partial charge on any atom is 0.151 e. The van der Waals surface area contributed by atoms with Gasteiger partial charge in [0.1, 0.15) is 0 Å². The van der Waals surface area contributed by atoms with Crippen LogP contribution in [0.2, 0.25) is 0 Å². The van der Waals surface area contributed by atoms with E-state index in [0.717, 1.165) is 37.6 Å². The van der Waals surface area contributed by atoms with Crippen molar-refractivity contribution in [3.63, 3.8) is 0 Å². The molecule has 0 aliphatic carbocycles. The van der Waals surface area contributed by atoms with Crippen molar-refractivity contribution in [1.82, 2.24) is 20.3 Å². The molecule has 1 aliphatic rings. The van der Waals surface area contributed by atoms with Crippen molar-refractivity contribution in [2.45, 2.75) is 52.7 Å². The molecule has 5 heteroatoms. The maximum atomic E-state index is 5.46. The van der Waals surface area contributed by atoms with Crippen LogP contribution in [0.15, 0.2) is 10.6 Å². The molecule has 0 atom stereocenters. The van der Waals surface area contributed by atoms with E-state index < -0.39 is 0 Å². The fourth-order valence-electron chi connectivity index (χ4n) is 2.58. The second-order valence-corrected chi connectivity index (χ2v) is 7.01. The minimum atomic E-state index is 0.106. The van der Waals surface area contributed by atoms with Crippen LogP contribution < -0.4 is 5.32 Å². The molecular formula is C16H30N4O. The molecule has 1 aromatic rings. The summed E-state index contributed by atoms with van der Waals surface area (Å²) in [6.45, 7) is 16.2. The van der Waals surface area contributed by atoms with Gasteiger partial charge in [0.2, 0.25) is 0 Å². The van der Waals surface area contributed by atoms with Crippen LogP contribution in [0.3, 0.4) is 0 Å². The molecule has 1 fully saturated rings. The van der Waals surface area contributed by atoms with Gasteiger partial charge in [-0.3, -0.25) is 4.90 Å². The van der Waals surface area contributed by atoms with Crippen LogP contribution in [0, 0.1) is 0 Å². The van der Waals surface area contributed by atoms with Gasteiger partial charge in [-0.05, 0) is 33.7 Å². The summed E-state index contributed by atoms with van der Waals surface area (Å²) in [5, 5.41) is 7.59. The van der Waals surface area contributed by atoms with Crippen molar-refractivity contribution < 1.29 is 4.52 Å². The first kappa shape index (κ1) is 16.5. The lowest BCUT2D eigenvalue weighted by Crippen LogP contribution is -2.45. The molecule has 0 spiro atoms. The highest BCUT2D eigenvalue weighted by molar-refractivity contribution is 5.05. The Balaban J connectivity index is 1.75. The van der Waals surface area contributed by atoms with E-state index in [1.54, 1.807) is 0 Å². The van der Waals surface area contributed by atoms with Gasteiger partial charge >= 0.3 is 0 Å². The summed E-state index contributed by atoms with van der Waals surface area (Å²) in [6.07, 6.45) is 1.24. The fourth-order valence-corrected chi connectivity index (χ4v) is 2.58. The summed E-state index contributed by atoms with van der Waals surface area (Å²) >= 11 is 0. The van der Waals surface area contributed by atoms with E-state index in [1.807, 2.05) is 0 Å². The molecular weight excluding hydrogens is 264 g/mol. The summed E-state index contributed by atoms with van der Waals surface area (Å²) in [7, 11) is 0. The SMILES string of the molecule is CCCN1CCN(Cc2cc(CNC(C)(C)C)no2)CC1. The predicted octanol–water partition coefficient (Wildman–Crippen LogP) is 2.09. The average molecular weight is 294 g/mol. The van der Waals surface area contributed by atoms with Gasteiger partial charge in [-0.25, -0.2) is 0 Å². The zero-order valence-electron chi connectivity index (χ0n) is 14.0. The van der Waals surface area contributed by atoms with Crippen LogP contribution in [0.5, 0.6) is 0 Å². The Kier molecular flexibility index (Phi) is 5.79. The smallest absolute Gasteiger partial charge is 0.151 e. The van der Waals surface area contributed by atoms with Crippen molar-refractivity contribution >= 4 is 0 Å². The quantitative estimate of drug-likeness (QED) is 0.870. The molecule has 2 heterocycles. The first-order chi connectivity index (χ1) is 9.96. The average Bonchev–Trinajstić information content (AvgIpc) is 2.86. The molecule has 0 bridgehead atoms. The number of piperazine rings is 1. The van der Waals surface area contributed by atoms with Crippen molar-refractivity contribution in [2.75, 3.05) is 32.7 Å². The second-order valence-electron chi connectivity index (χ2n) is 7.01. The number of hydrogen-bond donors (Lipinski definition) is 1. The van der Waals surface area contributed by atoms with Gasteiger partial charge in [0.25, 0.3) is 0 Å². The molecule has 1 N–H and O–H groups in total. The molecule has 0 aromatic carbocycles. The van der Waals surface area contributed by atoms with Crippen LogP contribution in [-0.2, 0) is 13.1 Å². The zero-order chi connectivity index (χ0) is 15.3. The summed E-state index contributed by atoms with van der Waals surface area (Å²) in [4.78, 5) is 4.99. The highest BCUT2D eigenvalue weighted by Gasteiger charge is 2.18. The summed E-state index contributed by atoms with van der Waals surface area (Å²) in [6, 6.07) is 2.08. The number of nitrogens with zero attached hydrogens (tertiary/aromatic N) is 3. The molecule has 1 saturated heterocycles. The van der Waals surface area contributed by atoms with Gasteiger partial charge in [0.15, 0.2) is 5.76 Å². The minimum Gasteiger partial charge on any atom is -0.360 e. The summed E-state index contributed by atoms with van der Waals surface area (Å²) in [5.41, 5.74) is 1.10. The largest absolute Gasteiger partial charge is 0.360 e. The van der Waals surface area contributed by atoms with E-state index in [2.05, 4.69) is 54.0 Å². The first-order valence-corrected chi connectivity index (χ1v) is 8.10. The maximum absolute atomic E-state index is 5.46. The molecule has 21 heavy (non-hydrogen) atoms. The Labute approximate surface area is 128 Å². The monoisotopic (exact) mass is 294 g/mol. The Hall–Kier alpha value is -0.910. The minimum absolute atomic E-state index is 0.106. The van der Waals surface area contributed by atoms with E-state index in [-0.39, 0.29) is 5.54 Å². The van der Waals surface area contributed by atoms with E-state index >= 15 is 0 Å². The number of nitrogens with one attached hydrogen (secondary N) is 1.